The normalized spacial score (nSPS) is 11.7. The number of halogens is 1. The molecule has 0 saturated carbocycles. The molecule has 182 valence electrons. The van der Waals surface area contributed by atoms with E-state index < -0.39 is 20.6 Å². The number of amides is 1. The number of anilines is 1. The summed E-state index contributed by atoms with van der Waals surface area (Å²) < 4.78 is 49.9. The van der Waals surface area contributed by atoms with E-state index in [2.05, 4.69) is 47.6 Å². The quantitative estimate of drug-likeness (QED) is 0.131. The minimum Gasteiger partial charge on any atom is -0.325 e. The van der Waals surface area contributed by atoms with E-state index in [9.17, 15) is 13.9 Å². The topological polar surface area (TPSA) is 100 Å². The summed E-state index contributed by atoms with van der Waals surface area (Å²) in [5.41, 5.74) is 1.22. The fourth-order valence-electron chi connectivity index (χ4n) is 2.57. The Morgan fingerprint density at radius 1 is 0.848 bits per heavy atom. The van der Waals surface area contributed by atoms with Crippen LogP contribution in [0.4, 0.5) is 5.69 Å². The van der Waals surface area contributed by atoms with E-state index in [4.69, 9.17) is 18.1 Å². The number of nitrogens with one attached hydrogen (secondary N) is 1. The van der Waals surface area contributed by atoms with Crippen LogP contribution < -0.4 is 5.32 Å². The zero-order valence-electron chi connectivity index (χ0n) is 18.4. The lowest BCUT2D eigenvalue weighted by Crippen LogP contribution is -2.20. The Kier molecular flexibility index (Phi) is 13.7. The van der Waals surface area contributed by atoms with E-state index in [0.717, 1.165) is 0 Å². The average molecular weight is 562 g/mol. The summed E-state index contributed by atoms with van der Waals surface area (Å²) in [5, 5.41) is 1.57. The molecule has 0 unspecified atom stereocenters. The summed E-state index contributed by atoms with van der Waals surface area (Å²) in [6, 6.07) is 6.75. The summed E-state index contributed by atoms with van der Waals surface area (Å²) >= 11 is 3.09. The number of rotatable bonds is 18. The molecule has 1 aromatic rings. The minimum atomic E-state index is -4.07. The third kappa shape index (κ3) is 9.67. The first-order valence-corrected chi connectivity index (χ1v) is 14.3. The van der Waals surface area contributed by atoms with Crippen LogP contribution >= 0.6 is 31.1 Å². The molecule has 0 aromatic heterocycles. The molecule has 0 fully saturated rings. The molecule has 1 N–H and O–H groups in total. The number of carbonyl (C=O) groups is 1. The van der Waals surface area contributed by atoms with Gasteiger partial charge < -0.3 is 23.4 Å². The summed E-state index contributed by atoms with van der Waals surface area (Å²) in [6.45, 7) is 13.9. The molecule has 1 aromatic carbocycles. The van der Waals surface area contributed by atoms with Crippen LogP contribution in [0.2, 0.25) is 0 Å². The maximum Gasteiger partial charge on any atom is 0.346 e. The Hall–Kier alpha value is -1.57. The molecule has 33 heavy (non-hydrogen) atoms. The van der Waals surface area contributed by atoms with Crippen molar-refractivity contribution in [3.63, 3.8) is 0 Å². The molecule has 0 aliphatic heterocycles. The summed E-state index contributed by atoms with van der Waals surface area (Å²) in [4.78, 5) is 11.6. The van der Waals surface area contributed by atoms with Gasteiger partial charge in [0.25, 0.3) is 0 Å². The SMILES string of the molecule is C=CCOP(=O)(OCC=C)C(Cc1ccc(NC(=O)CBr)cc1)P(=O)(OCC=C)OCC=C. The largest absolute Gasteiger partial charge is 0.346 e. The summed E-state index contributed by atoms with van der Waals surface area (Å²) in [7, 11) is -8.14. The smallest absolute Gasteiger partial charge is 0.325 e. The van der Waals surface area contributed by atoms with Crippen molar-refractivity contribution in [3.05, 3.63) is 80.4 Å². The van der Waals surface area contributed by atoms with Crippen molar-refractivity contribution >= 4 is 42.7 Å². The molecule has 0 saturated heterocycles. The van der Waals surface area contributed by atoms with E-state index in [1.807, 2.05) is 0 Å². The molecule has 0 heterocycles. The number of benzene rings is 1. The van der Waals surface area contributed by atoms with Gasteiger partial charge in [-0.1, -0.05) is 52.4 Å². The van der Waals surface area contributed by atoms with Gasteiger partial charge in [0, 0.05) is 5.69 Å². The first-order valence-electron chi connectivity index (χ1n) is 9.94. The van der Waals surface area contributed by atoms with Crippen LogP contribution in [0.5, 0.6) is 0 Å². The average Bonchev–Trinajstić information content (AvgIpc) is 2.83. The van der Waals surface area contributed by atoms with Gasteiger partial charge in [-0.3, -0.25) is 13.9 Å². The van der Waals surface area contributed by atoms with Crippen molar-refractivity contribution < 1.29 is 32.0 Å². The molecule has 0 bridgehead atoms. The van der Waals surface area contributed by atoms with Gasteiger partial charge in [0.1, 0.15) is 0 Å². The zero-order valence-corrected chi connectivity index (χ0v) is 21.8. The molecular formula is C22H30BrNO7P2. The molecular weight excluding hydrogens is 532 g/mol. The first kappa shape index (κ1) is 29.5. The van der Waals surface area contributed by atoms with Crippen molar-refractivity contribution in [1.82, 2.24) is 0 Å². The molecule has 1 rings (SSSR count). The van der Waals surface area contributed by atoms with Crippen LogP contribution in [0, 0.1) is 0 Å². The third-order valence-electron chi connectivity index (χ3n) is 4.00. The van der Waals surface area contributed by atoms with E-state index in [0.29, 0.717) is 11.3 Å². The van der Waals surface area contributed by atoms with Gasteiger partial charge in [0.15, 0.2) is 5.40 Å². The third-order valence-corrected chi connectivity index (χ3v) is 10.1. The maximum atomic E-state index is 13.9. The highest BCUT2D eigenvalue weighted by molar-refractivity contribution is 9.09. The van der Waals surface area contributed by atoms with Crippen LogP contribution in [0.1, 0.15) is 5.56 Å². The van der Waals surface area contributed by atoms with Crippen molar-refractivity contribution in [1.29, 1.82) is 0 Å². The van der Waals surface area contributed by atoms with Gasteiger partial charge in [0.2, 0.25) is 5.91 Å². The highest BCUT2D eigenvalue weighted by Crippen LogP contribution is 2.71. The Labute approximate surface area is 203 Å². The van der Waals surface area contributed by atoms with Crippen LogP contribution in [-0.2, 0) is 38.4 Å². The van der Waals surface area contributed by atoms with Crippen molar-refractivity contribution in [2.45, 2.75) is 11.8 Å². The first-order chi connectivity index (χ1) is 15.8. The molecule has 0 spiro atoms. The van der Waals surface area contributed by atoms with Crippen LogP contribution in [0.3, 0.4) is 0 Å². The number of carbonyl (C=O) groups excluding carboxylic acids is 1. The monoisotopic (exact) mass is 561 g/mol. The van der Waals surface area contributed by atoms with E-state index in [1.165, 1.54) is 24.3 Å². The predicted octanol–water partition coefficient (Wildman–Crippen LogP) is 6.09. The molecule has 11 heteroatoms. The van der Waals surface area contributed by atoms with Gasteiger partial charge in [-0.05, 0) is 24.1 Å². The van der Waals surface area contributed by atoms with E-state index >= 15 is 0 Å². The summed E-state index contributed by atoms with van der Waals surface area (Å²) in [6.07, 6.45) is 5.60. The molecule has 1 amide bonds. The Morgan fingerprint density at radius 2 is 1.24 bits per heavy atom. The fourth-order valence-corrected chi connectivity index (χ4v) is 7.86. The minimum absolute atomic E-state index is 0.0240. The van der Waals surface area contributed by atoms with Crippen molar-refractivity contribution in [2.24, 2.45) is 0 Å². The van der Waals surface area contributed by atoms with Gasteiger partial charge in [-0.25, -0.2) is 0 Å². The standard InChI is InChI=1S/C22H30BrNO7P2/c1-5-13-28-32(26,29-14-6-2)22(33(27,30-15-7-3)31-16-8-4)17-19-9-11-20(12-10-19)24-21(25)18-23/h5-12,22H,1-4,13-18H2,(H,24,25). The van der Waals surface area contributed by atoms with Crippen molar-refractivity contribution in [3.8, 4) is 0 Å². The lowest BCUT2D eigenvalue weighted by molar-refractivity contribution is -0.113. The highest BCUT2D eigenvalue weighted by Gasteiger charge is 2.51. The Bertz CT molecular complexity index is 831. The molecule has 0 radical (unpaired) electrons. The van der Waals surface area contributed by atoms with Gasteiger partial charge in [0.05, 0.1) is 31.8 Å². The molecule has 0 atom stereocenters. The molecule has 8 nitrogen and oxygen atoms in total. The lowest BCUT2D eigenvalue weighted by Gasteiger charge is -2.31. The second-order valence-electron chi connectivity index (χ2n) is 6.48. The highest BCUT2D eigenvalue weighted by atomic mass is 79.9. The van der Waals surface area contributed by atoms with Crippen LogP contribution in [0.15, 0.2) is 74.9 Å². The van der Waals surface area contributed by atoms with Crippen LogP contribution in [0.25, 0.3) is 0 Å². The predicted molar refractivity (Wildman–Crippen MR) is 136 cm³/mol. The van der Waals surface area contributed by atoms with Gasteiger partial charge in [-0.15, -0.1) is 26.3 Å². The zero-order chi connectivity index (χ0) is 24.7. The van der Waals surface area contributed by atoms with Gasteiger partial charge in [-0.2, -0.15) is 0 Å². The van der Waals surface area contributed by atoms with E-state index in [1.54, 1.807) is 24.3 Å². The number of alkyl halides is 1. The lowest BCUT2D eigenvalue weighted by atomic mass is 10.1. The molecule has 0 aliphatic rings. The van der Waals surface area contributed by atoms with Crippen molar-refractivity contribution in [2.75, 3.05) is 37.1 Å². The summed E-state index contributed by atoms with van der Waals surface area (Å²) in [5.74, 6) is -0.207. The van der Waals surface area contributed by atoms with E-state index in [-0.39, 0.29) is 44.1 Å². The van der Waals surface area contributed by atoms with Gasteiger partial charge >= 0.3 is 15.2 Å². The fraction of sp³-hybridized carbons (Fsp3) is 0.318. The Morgan fingerprint density at radius 3 is 1.58 bits per heavy atom. The number of hydrogen-bond acceptors (Lipinski definition) is 7. The molecule has 0 aliphatic carbocycles. The number of hydrogen-bond donors (Lipinski definition) is 1. The maximum absolute atomic E-state index is 13.9. The second-order valence-corrected chi connectivity index (χ2v) is 11.9. The second kappa shape index (κ2) is 15.4. The Balaban J connectivity index is 3.43. The van der Waals surface area contributed by atoms with Crippen LogP contribution in [-0.4, -0.2) is 43.1 Å².